The molecule has 0 radical (unpaired) electrons. The SMILES string of the molecule is C=C1CCC(c2ncc(N3CCC4(CCCC4)CC3)cc2F)C(=C)N1. The first kappa shape index (κ1) is 16.6. The van der Waals surface area contributed by atoms with Crippen molar-refractivity contribution in [2.75, 3.05) is 18.0 Å². The summed E-state index contributed by atoms with van der Waals surface area (Å²) in [7, 11) is 0. The molecule has 2 aliphatic heterocycles. The monoisotopic (exact) mass is 341 g/mol. The third-order valence-corrected chi connectivity index (χ3v) is 6.53. The summed E-state index contributed by atoms with van der Waals surface area (Å²) in [4.78, 5) is 6.80. The molecule has 1 aliphatic carbocycles. The van der Waals surface area contributed by atoms with Crippen LogP contribution in [0.4, 0.5) is 10.1 Å². The number of rotatable bonds is 2. The number of allylic oxidation sites excluding steroid dienone is 2. The van der Waals surface area contributed by atoms with Gasteiger partial charge in [0, 0.05) is 36.5 Å². The van der Waals surface area contributed by atoms with Gasteiger partial charge in [0.05, 0.1) is 17.6 Å². The van der Waals surface area contributed by atoms with E-state index in [-0.39, 0.29) is 11.7 Å². The van der Waals surface area contributed by atoms with Crippen molar-refractivity contribution in [3.8, 4) is 0 Å². The van der Waals surface area contributed by atoms with Crippen molar-refractivity contribution in [3.05, 3.63) is 48.3 Å². The molecule has 1 N–H and O–H groups in total. The number of hydrogen-bond acceptors (Lipinski definition) is 3. The minimum Gasteiger partial charge on any atom is -0.370 e. The van der Waals surface area contributed by atoms with E-state index < -0.39 is 0 Å². The van der Waals surface area contributed by atoms with E-state index in [9.17, 15) is 4.39 Å². The van der Waals surface area contributed by atoms with Crippen LogP contribution in [0.25, 0.3) is 0 Å². The third-order valence-electron chi connectivity index (χ3n) is 6.53. The van der Waals surface area contributed by atoms with Crippen LogP contribution >= 0.6 is 0 Å². The van der Waals surface area contributed by atoms with Crippen molar-refractivity contribution < 1.29 is 4.39 Å². The lowest BCUT2D eigenvalue weighted by Gasteiger charge is -2.40. The van der Waals surface area contributed by atoms with Crippen molar-refractivity contribution in [2.45, 2.75) is 57.3 Å². The zero-order valence-electron chi connectivity index (χ0n) is 15.0. The molecular formula is C21H28FN3. The van der Waals surface area contributed by atoms with E-state index in [1.54, 1.807) is 6.07 Å². The van der Waals surface area contributed by atoms with Crippen LogP contribution in [0.1, 0.15) is 63.0 Å². The molecule has 1 atom stereocenters. The summed E-state index contributed by atoms with van der Waals surface area (Å²) < 4.78 is 14.8. The van der Waals surface area contributed by atoms with Crippen LogP contribution in [0.3, 0.4) is 0 Å². The summed E-state index contributed by atoms with van der Waals surface area (Å²) in [6.45, 7) is 10.0. The molecule has 3 heterocycles. The summed E-state index contributed by atoms with van der Waals surface area (Å²) in [6.07, 6.45) is 11.5. The predicted molar refractivity (Wildman–Crippen MR) is 99.9 cm³/mol. The Bertz CT molecular complexity index is 680. The molecule has 1 unspecified atom stereocenters. The van der Waals surface area contributed by atoms with E-state index >= 15 is 0 Å². The molecule has 3 aliphatic rings. The van der Waals surface area contributed by atoms with E-state index in [4.69, 9.17) is 0 Å². The topological polar surface area (TPSA) is 28.2 Å². The Labute approximate surface area is 150 Å². The van der Waals surface area contributed by atoms with Crippen LogP contribution in [0.5, 0.6) is 0 Å². The molecule has 3 fully saturated rings. The normalized spacial score (nSPS) is 26.1. The highest BCUT2D eigenvalue weighted by Crippen LogP contribution is 2.46. The molecule has 1 spiro atoms. The van der Waals surface area contributed by atoms with Gasteiger partial charge in [0.15, 0.2) is 0 Å². The second-order valence-electron chi connectivity index (χ2n) is 8.10. The Kier molecular flexibility index (Phi) is 4.30. The molecule has 3 nitrogen and oxygen atoms in total. The molecule has 25 heavy (non-hydrogen) atoms. The van der Waals surface area contributed by atoms with Crippen LogP contribution in [-0.2, 0) is 0 Å². The Balaban J connectivity index is 1.47. The van der Waals surface area contributed by atoms with Crippen LogP contribution < -0.4 is 10.2 Å². The zero-order valence-corrected chi connectivity index (χ0v) is 15.0. The molecule has 2 saturated heterocycles. The van der Waals surface area contributed by atoms with Crippen molar-refractivity contribution in [1.29, 1.82) is 0 Å². The van der Waals surface area contributed by atoms with Gasteiger partial charge in [-0.1, -0.05) is 26.0 Å². The lowest BCUT2D eigenvalue weighted by molar-refractivity contribution is 0.226. The maximum Gasteiger partial charge on any atom is 0.147 e. The average molecular weight is 341 g/mol. The molecule has 1 aromatic rings. The van der Waals surface area contributed by atoms with Crippen molar-refractivity contribution in [3.63, 3.8) is 0 Å². The van der Waals surface area contributed by atoms with Crippen molar-refractivity contribution >= 4 is 5.69 Å². The van der Waals surface area contributed by atoms with E-state index in [2.05, 4.69) is 28.4 Å². The van der Waals surface area contributed by atoms with Gasteiger partial charge in [-0.2, -0.15) is 0 Å². The van der Waals surface area contributed by atoms with Gasteiger partial charge in [0.2, 0.25) is 0 Å². The molecule has 0 amide bonds. The van der Waals surface area contributed by atoms with Gasteiger partial charge in [0.25, 0.3) is 0 Å². The largest absolute Gasteiger partial charge is 0.370 e. The van der Waals surface area contributed by atoms with E-state index in [0.29, 0.717) is 11.1 Å². The zero-order chi connectivity index (χ0) is 17.4. The standard InChI is InChI=1S/C21H28FN3/c1-15-5-6-18(16(2)24-15)20-19(22)13-17(14-23-20)25-11-9-21(10-12-25)7-3-4-8-21/h13-14,18,24H,1-12H2. The summed E-state index contributed by atoms with van der Waals surface area (Å²) in [6, 6.07) is 1.67. The minimum absolute atomic E-state index is 0.0670. The van der Waals surface area contributed by atoms with Crippen LogP contribution in [0.15, 0.2) is 36.8 Å². The summed E-state index contributed by atoms with van der Waals surface area (Å²) in [5, 5.41) is 3.15. The number of halogens is 1. The maximum absolute atomic E-state index is 14.8. The fourth-order valence-electron chi connectivity index (χ4n) is 4.90. The lowest BCUT2D eigenvalue weighted by Crippen LogP contribution is -2.39. The number of hydrogen-bond donors (Lipinski definition) is 1. The number of nitrogens with one attached hydrogen (secondary N) is 1. The first-order chi connectivity index (χ1) is 12.1. The first-order valence-corrected chi connectivity index (χ1v) is 9.60. The quantitative estimate of drug-likeness (QED) is 0.831. The fraction of sp³-hybridized carbons (Fsp3) is 0.571. The highest BCUT2D eigenvalue weighted by atomic mass is 19.1. The van der Waals surface area contributed by atoms with E-state index in [1.165, 1.54) is 38.5 Å². The fourth-order valence-corrected chi connectivity index (χ4v) is 4.90. The Hall–Kier alpha value is -1.84. The highest BCUT2D eigenvalue weighted by molar-refractivity contribution is 5.47. The number of anilines is 1. The van der Waals surface area contributed by atoms with Crippen LogP contribution in [-0.4, -0.2) is 18.1 Å². The smallest absolute Gasteiger partial charge is 0.147 e. The van der Waals surface area contributed by atoms with Crippen LogP contribution in [0, 0.1) is 11.2 Å². The second-order valence-corrected chi connectivity index (χ2v) is 8.10. The van der Waals surface area contributed by atoms with Gasteiger partial charge >= 0.3 is 0 Å². The van der Waals surface area contributed by atoms with Crippen molar-refractivity contribution in [1.82, 2.24) is 10.3 Å². The molecule has 134 valence electrons. The summed E-state index contributed by atoms with van der Waals surface area (Å²) in [5.74, 6) is -0.276. The number of pyridine rings is 1. The number of piperidine rings is 2. The summed E-state index contributed by atoms with van der Waals surface area (Å²) >= 11 is 0. The van der Waals surface area contributed by atoms with Crippen molar-refractivity contribution in [2.24, 2.45) is 5.41 Å². The van der Waals surface area contributed by atoms with Gasteiger partial charge in [-0.15, -0.1) is 0 Å². The maximum atomic E-state index is 14.8. The molecular weight excluding hydrogens is 313 g/mol. The van der Waals surface area contributed by atoms with Gasteiger partial charge < -0.3 is 10.2 Å². The Morgan fingerprint density at radius 2 is 1.88 bits per heavy atom. The van der Waals surface area contributed by atoms with Gasteiger partial charge in [-0.3, -0.25) is 4.98 Å². The third kappa shape index (κ3) is 3.19. The van der Waals surface area contributed by atoms with Crippen LogP contribution in [0.2, 0.25) is 0 Å². The predicted octanol–water partition coefficient (Wildman–Crippen LogP) is 4.88. The molecule has 4 heteroatoms. The summed E-state index contributed by atoms with van der Waals surface area (Å²) in [5.41, 5.74) is 3.77. The number of aromatic nitrogens is 1. The van der Waals surface area contributed by atoms with Gasteiger partial charge in [0.1, 0.15) is 5.82 Å². The van der Waals surface area contributed by atoms with Gasteiger partial charge in [-0.05, 0) is 43.9 Å². The average Bonchev–Trinajstić information content (AvgIpc) is 3.04. The highest BCUT2D eigenvalue weighted by Gasteiger charge is 2.37. The first-order valence-electron chi connectivity index (χ1n) is 9.60. The molecule has 1 saturated carbocycles. The Morgan fingerprint density at radius 1 is 1.16 bits per heavy atom. The molecule has 1 aromatic heterocycles. The Morgan fingerprint density at radius 3 is 2.52 bits per heavy atom. The molecule has 0 aromatic carbocycles. The van der Waals surface area contributed by atoms with E-state index in [0.717, 1.165) is 43.0 Å². The minimum atomic E-state index is -0.209. The lowest BCUT2D eigenvalue weighted by atomic mass is 9.77. The molecule has 0 bridgehead atoms. The number of nitrogens with zero attached hydrogens (tertiary/aromatic N) is 2. The van der Waals surface area contributed by atoms with Gasteiger partial charge in [-0.25, -0.2) is 4.39 Å². The second kappa shape index (κ2) is 6.47. The molecule has 4 rings (SSSR count). The van der Waals surface area contributed by atoms with E-state index in [1.807, 2.05) is 6.20 Å².